The van der Waals surface area contributed by atoms with Gasteiger partial charge in [-0.3, -0.25) is 0 Å². The van der Waals surface area contributed by atoms with Crippen LogP contribution in [0.5, 0.6) is 0 Å². The van der Waals surface area contributed by atoms with Crippen molar-refractivity contribution in [1.82, 2.24) is 10.3 Å². The summed E-state index contributed by atoms with van der Waals surface area (Å²) in [6.07, 6.45) is 2.22. The zero-order valence-corrected chi connectivity index (χ0v) is 10.3. The van der Waals surface area contributed by atoms with E-state index in [1.54, 1.807) is 11.3 Å². The van der Waals surface area contributed by atoms with Crippen LogP contribution in [-0.2, 0) is 6.54 Å². The second kappa shape index (κ2) is 6.38. The first-order chi connectivity index (χ1) is 6.72. The van der Waals surface area contributed by atoms with Gasteiger partial charge in [0.25, 0.3) is 0 Å². The zero-order chi connectivity index (χ0) is 10.4. The monoisotopic (exact) mass is 232 g/mol. The average molecular weight is 233 g/mol. The van der Waals surface area contributed by atoms with E-state index < -0.39 is 0 Å². The number of alkyl halides is 1. The molecule has 0 aliphatic rings. The lowest BCUT2D eigenvalue weighted by atomic mass is 10.2. The zero-order valence-electron chi connectivity index (χ0n) is 8.72. The highest BCUT2D eigenvalue weighted by molar-refractivity contribution is 7.09. The molecule has 1 heterocycles. The molecule has 1 rings (SSSR count). The summed E-state index contributed by atoms with van der Waals surface area (Å²) in [6, 6.07) is 0. The predicted molar refractivity (Wildman–Crippen MR) is 63.1 cm³/mol. The van der Waals surface area contributed by atoms with Crippen LogP contribution in [0.1, 0.15) is 30.5 Å². The third-order valence-corrected chi connectivity index (χ3v) is 3.14. The molecule has 0 saturated heterocycles. The van der Waals surface area contributed by atoms with E-state index in [1.165, 1.54) is 0 Å². The number of hydrogen-bond donors (Lipinski definition) is 1. The SMILES string of the molecule is CCCC(Cl)CNCc1csc(C)n1. The molecule has 80 valence electrons. The highest BCUT2D eigenvalue weighted by Crippen LogP contribution is 2.08. The van der Waals surface area contributed by atoms with Crippen molar-refractivity contribution in [2.45, 2.75) is 38.6 Å². The minimum atomic E-state index is 0.250. The molecule has 1 aromatic rings. The van der Waals surface area contributed by atoms with Crippen LogP contribution in [0.3, 0.4) is 0 Å². The van der Waals surface area contributed by atoms with E-state index >= 15 is 0 Å². The van der Waals surface area contributed by atoms with Gasteiger partial charge in [0.2, 0.25) is 0 Å². The van der Waals surface area contributed by atoms with Crippen molar-refractivity contribution in [3.05, 3.63) is 16.1 Å². The summed E-state index contributed by atoms with van der Waals surface area (Å²) in [5, 5.41) is 6.77. The standard InChI is InChI=1S/C10H17ClN2S/c1-3-4-9(11)5-12-6-10-7-14-8(2)13-10/h7,9,12H,3-6H2,1-2H3. The molecule has 14 heavy (non-hydrogen) atoms. The minimum Gasteiger partial charge on any atom is -0.310 e. The van der Waals surface area contributed by atoms with Crippen LogP contribution < -0.4 is 5.32 Å². The van der Waals surface area contributed by atoms with Gasteiger partial charge in [-0.25, -0.2) is 4.98 Å². The van der Waals surface area contributed by atoms with Crippen LogP contribution in [0.15, 0.2) is 5.38 Å². The number of nitrogens with zero attached hydrogens (tertiary/aromatic N) is 1. The van der Waals surface area contributed by atoms with E-state index in [-0.39, 0.29) is 5.38 Å². The smallest absolute Gasteiger partial charge is 0.0897 e. The first-order valence-electron chi connectivity index (χ1n) is 4.98. The van der Waals surface area contributed by atoms with Crippen LogP contribution in [0.25, 0.3) is 0 Å². The average Bonchev–Trinajstić information content (AvgIpc) is 2.52. The minimum absolute atomic E-state index is 0.250. The second-order valence-electron chi connectivity index (χ2n) is 3.37. The van der Waals surface area contributed by atoms with Gasteiger partial charge in [-0.2, -0.15) is 0 Å². The maximum absolute atomic E-state index is 6.07. The fourth-order valence-electron chi connectivity index (χ4n) is 1.26. The molecule has 1 aromatic heterocycles. The van der Waals surface area contributed by atoms with Crippen molar-refractivity contribution in [3.63, 3.8) is 0 Å². The number of nitrogens with one attached hydrogen (secondary N) is 1. The Morgan fingerprint density at radius 3 is 3.00 bits per heavy atom. The van der Waals surface area contributed by atoms with Crippen molar-refractivity contribution in [3.8, 4) is 0 Å². The Balaban J connectivity index is 2.15. The van der Waals surface area contributed by atoms with Crippen molar-refractivity contribution < 1.29 is 0 Å². The van der Waals surface area contributed by atoms with Crippen molar-refractivity contribution in [2.24, 2.45) is 0 Å². The molecule has 0 aromatic carbocycles. The van der Waals surface area contributed by atoms with Gasteiger partial charge in [0, 0.05) is 23.8 Å². The van der Waals surface area contributed by atoms with E-state index in [0.717, 1.165) is 36.6 Å². The summed E-state index contributed by atoms with van der Waals surface area (Å²) in [6.45, 7) is 5.87. The van der Waals surface area contributed by atoms with Crippen LogP contribution in [0.4, 0.5) is 0 Å². The normalized spacial score (nSPS) is 13.1. The molecule has 0 spiro atoms. The highest BCUT2D eigenvalue weighted by Gasteiger charge is 2.03. The number of aryl methyl sites for hydroxylation is 1. The largest absolute Gasteiger partial charge is 0.310 e. The third-order valence-electron chi connectivity index (χ3n) is 1.94. The van der Waals surface area contributed by atoms with Gasteiger partial charge in [-0.15, -0.1) is 22.9 Å². The van der Waals surface area contributed by atoms with Crippen LogP contribution in [-0.4, -0.2) is 16.9 Å². The van der Waals surface area contributed by atoms with Crippen molar-refractivity contribution in [2.75, 3.05) is 6.54 Å². The van der Waals surface area contributed by atoms with Crippen LogP contribution >= 0.6 is 22.9 Å². The van der Waals surface area contributed by atoms with Gasteiger partial charge < -0.3 is 5.32 Å². The number of thiazole rings is 1. The van der Waals surface area contributed by atoms with Crippen LogP contribution in [0.2, 0.25) is 0 Å². The third kappa shape index (κ3) is 4.40. The second-order valence-corrected chi connectivity index (χ2v) is 5.05. The first-order valence-corrected chi connectivity index (χ1v) is 6.29. The summed E-state index contributed by atoms with van der Waals surface area (Å²) >= 11 is 7.76. The molecule has 0 amide bonds. The van der Waals surface area contributed by atoms with E-state index in [1.807, 2.05) is 6.92 Å². The lowest BCUT2D eigenvalue weighted by molar-refractivity contribution is 0.618. The fraction of sp³-hybridized carbons (Fsp3) is 0.700. The van der Waals surface area contributed by atoms with Gasteiger partial charge in [0.05, 0.1) is 10.7 Å². The first kappa shape index (κ1) is 12.0. The van der Waals surface area contributed by atoms with Gasteiger partial charge in [-0.05, 0) is 13.3 Å². The molecule has 1 N–H and O–H groups in total. The Morgan fingerprint density at radius 1 is 1.64 bits per heavy atom. The van der Waals surface area contributed by atoms with E-state index in [2.05, 4.69) is 22.6 Å². The van der Waals surface area contributed by atoms with Gasteiger partial charge in [-0.1, -0.05) is 13.3 Å². The Kier molecular flexibility index (Phi) is 5.45. The molecular weight excluding hydrogens is 216 g/mol. The summed E-state index contributed by atoms with van der Waals surface area (Å²) < 4.78 is 0. The summed E-state index contributed by atoms with van der Waals surface area (Å²) in [5.41, 5.74) is 1.12. The Hall–Kier alpha value is -0.120. The fourth-order valence-corrected chi connectivity index (χ4v) is 2.20. The van der Waals surface area contributed by atoms with Crippen molar-refractivity contribution >= 4 is 22.9 Å². The lowest BCUT2D eigenvalue weighted by Crippen LogP contribution is -2.22. The quantitative estimate of drug-likeness (QED) is 0.763. The maximum atomic E-state index is 6.07. The number of rotatable bonds is 6. The van der Waals surface area contributed by atoms with E-state index in [9.17, 15) is 0 Å². The molecule has 1 atom stereocenters. The number of halogens is 1. The van der Waals surface area contributed by atoms with Gasteiger partial charge in [0.1, 0.15) is 0 Å². The summed E-state index contributed by atoms with van der Waals surface area (Å²) in [7, 11) is 0. The molecule has 4 heteroatoms. The number of hydrogen-bond acceptors (Lipinski definition) is 3. The molecular formula is C10H17ClN2S. The van der Waals surface area contributed by atoms with Crippen LogP contribution in [0, 0.1) is 6.92 Å². The van der Waals surface area contributed by atoms with E-state index in [4.69, 9.17) is 11.6 Å². The molecule has 0 radical (unpaired) electrons. The molecule has 2 nitrogen and oxygen atoms in total. The Labute approximate surface area is 94.7 Å². The molecule has 0 bridgehead atoms. The molecule has 0 fully saturated rings. The Morgan fingerprint density at radius 2 is 2.43 bits per heavy atom. The maximum Gasteiger partial charge on any atom is 0.0897 e. The molecule has 0 aliphatic heterocycles. The highest BCUT2D eigenvalue weighted by atomic mass is 35.5. The van der Waals surface area contributed by atoms with Gasteiger partial charge in [0.15, 0.2) is 0 Å². The van der Waals surface area contributed by atoms with Crippen molar-refractivity contribution in [1.29, 1.82) is 0 Å². The molecule has 1 unspecified atom stereocenters. The number of aromatic nitrogens is 1. The summed E-state index contributed by atoms with van der Waals surface area (Å²) in [4.78, 5) is 4.37. The molecule has 0 aliphatic carbocycles. The topological polar surface area (TPSA) is 24.9 Å². The summed E-state index contributed by atoms with van der Waals surface area (Å²) in [5.74, 6) is 0. The lowest BCUT2D eigenvalue weighted by Gasteiger charge is -2.08. The molecule has 0 saturated carbocycles. The Bertz CT molecular complexity index is 262. The predicted octanol–water partition coefficient (Wildman–Crippen LogP) is 2.95. The van der Waals surface area contributed by atoms with Gasteiger partial charge >= 0.3 is 0 Å². The van der Waals surface area contributed by atoms with E-state index in [0.29, 0.717) is 0 Å².